The summed E-state index contributed by atoms with van der Waals surface area (Å²) in [6.07, 6.45) is -4.61. The van der Waals surface area contributed by atoms with Gasteiger partial charge in [0.1, 0.15) is 17.6 Å². The summed E-state index contributed by atoms with van der Waals surface area (Å²) in [5.41, 5.74) is -0.394. The third-order valence-electron chi connectivity index (χ3n) is 3.51. The van der Waals surface area contributed by atoms with Crippen LogP contribution in [0, 0.1) is 11.3 Å². The fourth-order valence-corrected chi connectivity index (χ4v) is 2.20. The molecule has 2 aromatic heterocycles. The molecule has 0 radical (unpaired) electrons. The highest BCUT2D eigenvalue weighted by molar-refractivity contribution is 5.54. The molecule has 0 saturated heterocycles. The Kier molecular flexibility index (Phi) is 4.58. The summed E-state index contributed by atoms with van der Waals surface area (Å²) < 4.78 is 43.7. The average molecular weight is 359 g/mol. The van der Waals surface area contributed by atoms with E-state index in [0.29, 0.717) is 5.56 Å². The van der Waals surface area contributed by atoms with Crippen LogP contribution in [-0.4, -0.2) is 15.1 Å². The van der Waals surface area contributed by atoms with Crippen molar-refractivity contribution >= 4 is 5.82 Å². The van der Waals surface area contributed by atoms with E-state index in [0.717, 1.165) is 12.1 Å². The summed E-state index contributed by atoms with van der Waals surface area (Å²) in [6, 6.07) is 12.0. The molecule has 0 bridgehead atoms. The molecule has 9 heteroatoms. The van der Waals surface area contributed by atoms with E-state index in [1.165, 1.54) is 0 Å². The van der Waals surface area contributed by atoms with Gasteiger partial charge in [-0.2, -0.15) is 23.4 Å². The molecule has 6 nitrogen and oxygen atoms in total. The van der Waals surface area contributed by atoms with Crippen LogP contribution in [0.2, 0.25) is 0 Å². The Labute approximate surface area is 146 Å². The van der Waals surface area contributed by atoms with Crippen molar-refractivity contribution in [2.45, 2.75) is 19.1 Å². The van der Waals surface area contributed by atoms with Crippen molar-refractivity contribution in [1.29, 1.82) is 5.26 Å². The van der Waals surface area contributed by atoms with Crippen LogP contribution in [0.25, 0.3) is 11.5 Å². The van der Waals surface area contributed by atoms with Crippen molar-refractivity contribution in [3.8, 4) is 17.5 Å². The zero-order chi connectivity index (χ0) is 18.7. The molecule has 132 valence electrons. The van der Waals surface area contributed by atoms with E-state index in [-0.39, 0.29) is 23.1 Å². The van der Waals surface area contributed by atoms with Crippen molar-refractivity contribution in [1.82, 2.24) is 15.1 Å². The lowest BCUT2D eigenvalue weighted by Crippen LogP contribution is -2.14. The van der Waals surface area contributed by atoms with E-state index in [1.54, 1.807) is 25.1 Å². The smallest absolute Gasteiger partial charge is 0.359 e. The van der Waals surface area contributed by atoms with Crippen LogP contribution in [0.15, 0.2) is 47.0 Å². The standard InChI is InChI=1S/C17H12F3N5O/c1-10(14-24-16(26-25-14)11-5-3-2-4-6-11)22-15-12(9-21)7-8-13(23-15)17(18,19)20/h2-8,10H,1H3,(H,22,23). The Morgan fingerprint density at radius 3 is 2.50 bits per heavy atom. The largest absolute Gasteiger partial charge is 0.433 e. The van der Waals surface area contributed by atoms with E-state index < -0.39 is 17.9 Å². The Bertz CT molecular complexity index is 947. The summed E-state index contributed by atoms with van der Waals surface area (Å²) in [4.78, 5) is 7.73. The molecule has 26 heavy (non-hydrogen) atoms. The number of hydrogen-bond acceptors (Lipinski definition) is 6. The Morgan fingerprint density at radius 2 is 1.85 bits per heavy atom. The first-order chi connectivity index (χ1) is 12.4. The summed E-state index contributed by atoms with van der Waals surface area (Å²) in [5.74, 6) is 0.319. The maximum absolute atomic E-state index is 12.8. The second kappa shape index (κ2) is 6.84. The molecule has 3 rings (SSSR count). The molecule has 0 aliphatic heterocycles. The zero-order valence-corrected chi connectivity index (χ0v) is 13.4. The van der Waals surface area contributed by atoms with Crippen molar-refractivity contribution in [2.75, 3.05) is 5.32 Å². The molecule has 0 saturated carbocycles. The average Bonchev–Trinajstić information content (AvgIpc) is 3.12. The number of benzene rings is 1. The summed E-state index contributed by atoms with van der Waals surface area (Å²) in [5, 5.41) is 15.7. The lowest BCUT2D eigenvalue weighted by Gasteiger charge is -2.14. The lowest BCUT2D eigenvalue weighted by molar-refractivity contribution is -0.141. The van der Waals surface area contributed by atoms with Gasteiger partial charge >= 0.3 is 6.18 Å². The molecule has 3 aromatic rings. The summed E-state index contributed by atoms with van der Waals surface area (Å²) in [7, 11) is 0. The van der Waals surface area contributed by atoms with Gasteiger partial charge in [-0.15, -0.1) is 0 Å². The van der Waals surface area contributed by atoms with Crippen LogP contribution >= 0.6 is 0 Å². The first-order valence-electron chi connectivity index (χ1n) is 7.52. The van der Waals surface area contributed by atoms with E-state index in [1.807, 2.05) is 18.2 Å². The van der Waals surface area contributed by atoms with Gasteiger partial charge in [0.25, 0.3) is 5.89 Å². The molecule has 0 amide bonds. The highest BCUT2D eigenvalue weighted by Crippen LogP contribution is 2.30. The highest BCUT2D eigenvalue weighted by atomic mass is 19.4. The number of nitriles is 1. The first-order valence-corrected chi connectivity index (χ1v) is 7.52. The molecule has 1 unspecified atom stereocenters. The minimum absolute atomic E-state index is 0.0170. The molecule has 0 spiro atoms. The SMILES string of the molecule is CC(Nc1nc(C(F)(F)F)ccc1C#N)c1noc(-c2ccccc2)n1. The molecular weight excluding hydrogens is 347 g/mol. The topological polar surface area (TPSA) is 87.6 Å². The number of aromatic nitrogens is 3. The molecular formula is C17H12F3N5O. The molecule has 1 N–H and O–H groups in total. The molecule has 0 aliphatic rings. The number of nitrogens with one attached hydrogen (secondary N) is 1. The predicted octanol–water partition coefficient (Wildman–Crippen LogP) is 4.20. The fourth-order valence-electron chi connectivity index (χ4n) is 2.20. The molecule has 1 aromatic carbocycles. The normalized spacial score (nSPS) is 12.4. The molecule has 2 heterocycles. The second-order valence-electron chi connectivity index (χ2n) is 5.39. The van der Waals surface area contributed by atoms with Gasteiger partial charge in [0.2, 0.25) is 0 Å². The fraction of sp³-hybridized carbons (Fsp3) is 0.176. The van der Waals surface area contributed by atoms with Gasteiger partial charge < -0.3 is 9.84 Å². The predicted molar refractivity (Wildman–Crippen MR) is 85.7 cm³/mol. The van der Waals surface area contributed by atoms with E-state index >= 15 is 0 Å². The van der Waals surface area contributed by atoms with Crippen LogP contribution in [0.1, 0.15) is 30.0 Å². The third kappa shape index (κ3) is 3.64. The van der Waals surface area contributed by atoms with Gasteiger partial charge in [0, 0.05) is 5.56 Å². The number of anilines is 1. The minimum Gasteiger partial charge on any atom is -0.359 e. The number of alkyl halides is 3. The summed E-state index contributed by atoms with van der Waals surface area (Å²) in [6.45, 7) is 1.63. The van der Waals surface area contributed by atoms with Gasteiger partial charge in [0.05, 0.1) is 11.6 Å². The van der Waals surface area contributed by atoms with Crippen LogP contribution in [0.5, 0.6) is 0 Å². The number of nitrogens with zero attached hydrogens (tertiary/aromatic N) is 4. The van der Waals surface area contributed by atoms with Gasteiger partial charge in [0.15, 0.2) is 5.82 Å². The van der Waals surface area contributed by atoms with Crippen molar-refractivity contribution in [2.24, 2.45) is 0 Å². The van der Waals surface area contributed by atoms with Gasteiger partial charge in [-0.3, -0.25) is 0 Å². The molecule has 1 atom stereocenters. The van der Waals surface area contributed by atoms with Crippen molar-refractivity contribution in [3.63, 3.8) is 0 Å². The van der Waals surface area contributed by atoms with Crippen LogP contribution in [0.4, 0.5) is 19.0 Å². The Hall–Kier alpha value is -3.41. The van der Waals surface area contributed by atoms with Gasteiger partial charge in [-0.25, -0.2) is 4.98 Å². The van der Waals surface area contributed by atoms with Crippen LogP contribution in [0.3, 0.4) is 0 Å². The molecule has 0 aliphatic carbocycles. The maximum atomic E-state index is 12.8. The minimum atomic E-state index is -4.61. The number of hydrogen-bond donors (Lipinski definition) is 1. The lowest BCUT2D eigenvalue weighted by atomic mass is 10.2. The summed E-state index contributed by atoms with van der Waals surface area (Å²) >= 11 is 0. The van der Waals surface area contributed by atoms with Crippen LogP contribution in [-0.2, 0) is 6.18 Å². The monoisotopic (exact) mass is 359 g/mol. The van der Waals surface area contributed by atoms with Crippen molar-refractivity contribution in [3.05, 3.63) is 59.5 Å². The quantitative estimate of drug-likeness (QED) is 0.751. The van der Waals surface area contributed by atoms with E-state index in [9.17, 15) is 13.2 Å². The van der Waals surface area contributed by atoms with E-state index in [2.05, 4.69) is 20.4 Å². The number of pyridine rings is 1. The van der Waals surface area contributed by atoms with Crippen molar-refractivity contribution < 1.29 is 17.7 Å². The van der Waals surface area contributed by atoms with Gasteiger partial charge in [-0.05, 0) is 31.2 Å². The van der Waals surface area contributed by atoms with Gasteiger partial charge in [-0.1, -0.05) is 23.4 Å². The molecule has 0 fully saturated rings. The third-order valence-corrected chi connectivity index (χ3v) is 3.51. The zero-order valence-electron chi connectivity index (χ0n) is 13.4. The Balaban J connectivity index is 1.85. The maximum Gasteiger partial charge on any atom is 0.433 e. The number of rotatable bonds is 4. The Morgan fingerprint density at radius 1 is 1.12 bits per heavy atom. The second-order valence-corrected chi connectivity index (χ2v) is 5.39. The number of halogens is 3. The first kappa shape index (κ1) is 17.4. The van der Waals surface area contributed by atoms with Crippen LogP contribution < -0.4 is 5.32 Å². The van der Waals surface area contributed by atoms with E-state index in [4.69, 9.17) is 9.78 Å². The highest BCUT2D eigenvalue weighted by Gasteiger charge is 2.33.